The van der Waals surface area contributed by atoms with E-state index < -0.39 is 11.9 Å². The molecule has 4 aliphatic carbocycles. The van der Waals surface area contributed by atoms with Crippen LogP contribution in [0.2, 0.25) is 0 Å². The van der Waals surface area contributed by atoms with Crippen LogP contribution in [0.3, 0.4) is 0 Å². The van der Waals surface area contributed by atoms with Crippen LogP contribution < -0.4 is 21.5 Å². The van der Waals surface area contributed by atoms with Crippen LogP contribution in [0.25, 0.3) is 10.9 Å². The lowest BCUT2D eigenvalue weighted by Crippen LogP contribution is -2.64. The fraction of sp³-hybridized carbons (Fsp3) is 0.697. The lowest BCUT2D eigenvalue weighted by atomic mass is 9.43. The summed E-state index contributed by atoms with van der Waals surface area (Å²) in [6.07, 6.45) is 14.9. The monoisotopic (exact) mass is 561 g/mol. The molecule has 2 amide bonds. The molecule has 5 fully saturated rings. The zero-order valence-electron chi connectivity index (χ0n) is 25.1. The quantitative estimate of drug-likeness (QED) is 0.251. The molecular formula is C33H47N5O3. The summed E-state index contributed by atoms with van der Waals surface area (Å²) in [4.78, 5) is 42.3. The van der Waals surface area contributed by atoms with Gasteiger partial charge in [-0.2, -0.15) is 0 Å². The number of hydrogen-bond acceptors (Lipinski definition) is 6. The van der Waals surface area contributed by atoms with E-state index in [1.165, 1.54) is 62.4 Å². The maximum atomic E-state index is 13.6. The number of carbonyl (C=O) groups is 2. The van der Waals surface area contributed by atoms with Gasteiger partial charge in [-0.3, -0.25) is 24.3 Å². The van der Waals surface area contributed by atoms with E-state index in [0.717, 1.165) is 37.5 Å². The summed E-state index contributed by atoms with van der Waals surface area (Å²) < 4.78 is 1.45. The Kier molecular flexibility index (Phi) is 7.50. The average Bonchev–Trinajstić information content (AvgIpc) is 2.86. The van der Waals surface area contributed by atoms with Gasteiger partial charge < -0.3 is 10.6 Å². The molecule has 5 atom stereocenters. The van der Waals surface area contributed by atoms with Crippen LogP contribution >= 0.6 is 0 Å². The fourth-order valence-corrected chi connectivity index (χ4v) is 9.80. The van der Waals surface area contributed by atoms with Crippen molar-refractivity contribution in [2.45, 2.75) is 116 Å². The maximum Gasteiger partial charge on any atom is 0.264 e. The van der Waals surface area contributed by atoms with Crippen molar-refractivity contribution in [3.05, 3.63) is 34.4 Å². The molecule has 1 aromatic heterocycles. The molecule has 1 aliphatic heterocycles. The summed E-state index contributed by atoms with van der Waals surface area (Å²) in [5.41, 5.74) is 2.66. The first kappa shape index (κ1) is 28.4. The van der Waals surface area contributed by atoms with Crippen LogP contribution in [-0.4, -0.2) is 40.0 Å². The van der Waals surface area contributed by atoms with Gasteiger partial charge in [0.2, 0.25) is 11.8 Å². The van der Waals surface area contributed by atoms with Gasteiger partial charge in [0.05, 0.1) is 10.9 Å². The predicted octanol–water partition coefficient (Wildman–Crippen LogP) is 5.38. The Bertz CT molecular complexity index is 1380. The van der Waals surface area contributed by atoms with Crippen molar-refractivity contribution >= 4 is 28.4 Å². The van der Waals surface area contributed by atoms with Gasteiger partial charge in [0.25, 0.3) is 5.56 Å². The number of imide groups is 1. The van der Waals surface area contributed by atoms with Crippen molar-refractivity contribution in [2.24, 2.45) is 16.7 Å². The summed E-state index contributed by atoms with van der Waals surface area (Å²) in [6, 6.07) is 4.94. The number of benzene rings is 1. The summed E-state index contributed by atoms with van der Waals surface area (Å²) in [6.45, 7) is 8.75. The van der Waals surface area contributed by atoms with Gasteiger partial charge >= 0.3 is 0 Å². The van der Waals surface area contributed by atoms with E-state index in [1.54, 1.807) is 6.92 Å². The highest BCUT2D eigenvalue weighted by Gasteiger charge is 2.59. The summed E-state index contributed by atoms with van der Waals surface area (Å²) >= 11 is 0. The number of aromatic nitrogens is 2. The largest absolute Gasteiger partial charge is 0.384 e. The van der Waals surface area contributed by atoms with E-state index >= 15 is 0 Å². The first-order valence-electron chi connectivity index (χ1n) is 15.9. The number of piperidine rings is 1. The number of amides is 2. The molecule has 0 radical (unpaired) electrons. The zero-order chi connectivity index (χ0) is 28.8. The van der Waals surface area contributed by atoms with Crippen LogP contribution in [0.15, 0.2) is 23.0 Å². The molecule has 8 nitrogen and oxygen atoms in total. The van der Waals surface area contributed by atoms with Crippen molar-refractivity contribution in [1.82, 2.24) is 20.2 Å². The number of nitrogens with zero attached hydrogens (tertiary/aromatic N) is 2. The molecule has 1 saturated heterocycles. The third-order valence-corrected chi connectivity index (χ3v) is 10.4. The standard InChI is InChI=1S/C33H47N5O3/c1-22-36-25-11-9-10-24(28(25)30(41)38(22)26-12-13-27(39)37-29(26)40)34-14-7-5-4-6-8-15-35-33-18-23-16-31(2,20-33)19-32(3,17-23)21-33/h9-11,23,26,34-35H,4-8,12-21H2,1-3H3,(H,37,39,40)/t23?,26?,31-,32?,33?/m1/s1. The van der Waals surface area contributed by atoms with Crippen LogP contribution in [0.5, 0.6) is 0 Å². The SMILES string of the molecule is Cc1nc2cccc(NCCCCCCCNC34CC5CC(C)(C3)C[C@@](C)(C5)C4)c2c(=O)n1C1CCC(=O)NC1=O. The molecule has 0 spiro atoms. The summed E-state index contributed by atoms with van der Waals surface area (Å²) in [5.74, 6) is 0.684. The number of hydrogen-bond donors (Lipinski definition) is 3. The molecule has 222 valence electrons. The van der Waals surface area contributed by atoms with Gasteiger partial charge in [0.1, 0.15) is 11.9 Å². The first-order valence-corrected chi connectivity index (χ1v) is 15.9. The molecule has 7 rings (SSSR count). The highest BCUT2D eigenvalue weighted by atomic mass is 16.2. The summed E-state index contributed by atoms with van der Waals surface area (Å²) in [7, 11) is 0. The van der Waals surface area contributed by atoms with E-state index in [1.807, 2.05) is 18.2 Å². The molecule has 2 heterocycles. The van der Waals surface area contributed by atoms with E-state index in [9.17, 15) is 14.4 Å². The van der Waals surface area contributed by atoms with Crippen molar-refractivity contribution in [3.63, 3.8) is 0 Å². The molecule has 41 heavy (non-hydrogen) atoms. The average molecular weight is 562 g/mol. The Morgan fingerprint density at radius 2 is 1.66 bits per heavy atom. The molecule has 4 bridgehead atoms. The van der Waals surface area contributed by atoms with Crippen LogP contribution in [-0.2, 0) is 9.59 Å². The highest BCUT2D eigenvalue weighted by Crippen LogP contribution is 2.66. The first-order chi connectivity index (χ1) is 19.6. The second-order valence-electron chi connectivity index (χ2n) is 14.5. The highest BCUT2D eigenvalue weighted by molar-refractivity contribution is 5.99. The minimum atomic E-state index is -0.714. The Labute approximate surface area is 243 Å². The number of aryl methyl sites for hydroxylation is 1. The minimum Gasteiger partial charge on any atom is -0.384 e. The molecule has 4 saturated carbocycles. The Hall–Kier alpha value is -2.74. The van der Waals surface area contributed by atoms with Crippen LogP contribution in [0.4, 0.5) is 5.69 Å². The number of rotatable bonds is 11. The second kappa shape index (κ2) is 10.8. The lowest BCUT2D eigenvalue weighted by molar-refractivity contribution is -0.135. The molecule has 2 aromatic rings. The van der Waals surface area contributed by atoms with Crippen molar-refractivity contribution in [3.8, 4) is 0 Å². The molecule has 4 unspecified atom stereocenters. The molecular weight excluding hydrogens is 514 g/mol. The second-order valence-corrected chi connectivity index (χ2v) is 14.5. The van der Waals surface area contributed by atoms with Crippen molar-refractivity contribution in [1.29, 1.82) is 0 Å². The number of unbranched alkanes of at least 4 members (excludes halogenated alkanes) is 4. The van der Waals surface area contributed by atoms with Crippen LogP contribution in [0.1, 0.15) is 109 Å². The van der Waals surface area contributed by atoms with E-state index in [0.29, 0.717) is 39.5 Å². The third-order valence-electron chi connectivity index (χ3n) is 10.4. The van der Waals surface area contributed by atoms with Gasteiger partial charge in [0, 0.05) is 24.2 Å². The fourth-order valence-electron chi connectivity index (χ4n) is 9.80. The van der Waals surface area contributed by atoms with Gasteiger partial charge in [-0.25, -0.2) is 4.98 Å². The van der Waals surface area contributed by atoms with Gasteiger partial charge in [-0.05, 0) is 100 Å². The third kappa shape index (κ3) is 5.69. The lowest BCUT2D eigenvalue weighted by Gasteiger charge is -2.65. The molecule has 5 aliphatic rings. The van der Waals surface area contributed by atoms with Crippen molar-refractivity contribution in [2.75, 3.05) is 18.4 Å². The zero-order valence-corrected chi connectivity index (χ0v) is 25.1. The van der Waals surface area contributed by atoms with E-state index in [-0.39, 0.29) is 17.9 Å². The number of carbonyl (C=O) groups excluding carboxylic acids is 2. The predicted molar refractivity (Wildman–Crippen MR) is 162 cm³/mol. The van der Waals surface area contributed by atoms with Crippen LogP contribution in [0, 0.1) is 23.7 Å². The van der Waals surface area contributed by atoms with Crippen molar-refractivity contribution < 1.29 is 9.59 Å². The summed E-state index contributed by atoms with van der Waals surface area (Å²) in [5, 5.41) is 10.4. The molecule has 3 N–H and O–H groups in total. The normalized spacial score (nSPS) is 32.5. The van der Waals surface area contributed by atoms with E-state index in [2.05, 4.69) is 34.8 Å². The maximum absolute atomic E-state index is 13.6. The van der Waals surface area contributed by atoms with Gasteiger partial charge in [-0.15, -0.1) is 0 Å². The minimum absolute atomic E-state index is 0.219. The molecule has 8 heteroatoms. The Morgan fingerprint density at radius 3 is 2.37 bits per heavy atom. The van der Waals surface area contributed by atoms with Gasteiger partial charge in [0.15, 0.2) is 0 Å². The topological polar surface area (TPSA) is 105 Å². The molecule has 1 aromatic carbocycles. The van der Waals surface area contributed by atoms with Gasteiger partial charge in [-0.1, -0.05) is 39.2 Å². The number of anilines is 1. The Morgan fingerprint density at radius 1 is 0.951 bits per heavy atom. The Balaban J connectivity index is 0.974. The smallest absolute Gasteiger partial charge is 0.264 e. The number of fused-ring (bicyclic) bond motifs is 1. The number of nitrogens with one attached hydrogen (secondary N) is 3. The van der Waals surface area contributed by atoms with E-state index in [4.69, 9.17) is 0 Å².